The van der Waals surface area contributed by atoms with Gasteiger partial charge in [-0.25, -0.2) is 4.79 Å². The smallest absolute Gasteiger partial charge is 0.437 e. The van der Waals surface area contributed by atoms with Gasteiger partial charge in [-0.2, -0.15) is 10.2 Å². The molecule has 0 aromatic carbocycles. The number of aromatic nitrogens is 4. The zero-order chi connectivity index (χ0) is 19.6. The average molecular weight is 407 g/mol. The van der Waals surface area contributed by atoms with Crippen molar-refractivity contribution in [3.8, 4) is 0 Å². The zero-order valence-electron chi connectivity index (χ0n) is 16.4. The molecule has 0 unspecified atom stereocenters. The summed E-state index contributed by atoms with van der Waals surface area (Å²) in [5.74, 6) is 0.969. The van der Waals surface area contributed by atoms with Crippen LogP contribution < -0.4 is 11.5 Å². The molecular weight excluding hydrogens is 380 g/mol. The molecule has 0 radical (unpaired) electrons. The molecule has 0 atom stereocenters. The van der Waals surface area contributed by atoms with Crippen LogP contribution in [0.5, 0.6) is 0 Å². The maximum atomic E-state index is 11.9. The first-order valence-electron chi connectivity index (χ1n) is 9.03. The molecule has 9 heteroatoms. The minimum absolute atomic E-state index is 0. The van der Waals surface area contributed by atoms with Crippen LogP contribution in [0.25, 0.3) is 12.2 Å². The molecule has 8 nitrogen and oxygen atoms in total. The van der Waals surface area contributed by atoms with Gasteiger partial charge in [-0.15, -0.1) is 17.1 Å². The predicted octanol–water partition coefficient (Wildman–Crippen LogP) is 3.58. The summed E-state index contributed by atoms with van der Waals surface area (Å²) in [5.41, 5.74) is 14.8. The van der Waals surface area contributed by atoms with Gasteiger partial charge in [0.25, 0.3) is 0 Å². The summed E-state index contributed by atoms with van der Waals surface area (Å²) in [6.07, 6.45) is 11.4. The Labute approximate surface area is 170 Å². The van der Waals surface area contributed by atoms with Gasteiger partial charge in [0.2, 0.25) is 0 Å². The summed E-state index contributed by atoms with van der Waals surface area (Å²) in [6, 6.07) is 0. The molecule has 28 heavy (non-hydrogen) atoms. The summed E-state index contributed by atoms with van der Waals surface area (Å²) >= 11 is 0. The van der Waals surface area contributed by atoms with Gasteiger partial charge in [-0.1, -0.05) is 24.3 Å². The normalized spacial score (nSPS) is 14.2. The molecule has 5 N–H and O–H groups in total. The van der Waals surface area contributed by atoms with E-state index in [1.165, 1.54) is 5.69 Å². The van der Waals surface area contributed by atoms with Crippen molar-refractivity contribution < 1.29 is 9.53 Å². The number of hydrogen-bond donors (Lipinski definition) is 3. The van der Waals surface area contributed by atoms with E-state index in [0.717, 1.165) is 47.2 Å². The van der Waals surface area contributed by atoms with Crippen LogP contribution in [0, 0.1) is 0 Å². The molecule has 2 aliphatic carbocycles. The van der Waals surface area contributed by atoms with Gasteiger partial charge in [-0.3, -0.25) is 5.10 Å². The molecule has 2 heterocycles. The lowest BCUT2D eigenvalue weighted by Crippen LogP contribution is -2.28. The van der Waals surface area contributed by atoms with Crippen molar-refractivity contribution in [1.29, 1.82) is 0 Å². The van der Waals surface area contributed by atoms with Crippen molar-refractivity contribution in [3.63, 3.8) is 0 Å². The van der Waals surface area contributed by atoms with E-state index in [4.69, 9.17) is 16.2 Å². The summed E-state index contributed by atoms with van der Waals surface area (Å²) in [5, 5.41) is 11.0. The van der Waals surface area contributed by atoms with Crippen molar-refractivity contribution in [1.82, 2.24) is 20.0 Å². The van der Waals surface area contributed by atoms with Crippen LogP contribution in [0.15, 0.2) is 12.2 Å². The fourth-order valence-corrected chi connectivity index (χ4v) is 2.93. The summed E-state index contributed by atoms with van der Waals surface area (Å²) in [4.78, 5) is 11.9. The number of nitrogens with two attached hydrogens (primary N) is 2. The van der Waals surface area contributed by atoms with Crippen LogP contribution in [-0.4, -0.2) is 31.7 Å². The molecule has 0 saturated carbocycles. The molecule has 2 aromatic rings. The minimum atomic E-state index is -0.550. The number of halogens is 1. The Morgan fingerprint density at radius 3 is 2.39 bits per heavy atom. The highest BCUT2D eigenvalue weighted by molar-refractivity contribution is 5.85. The molecule has 0 aliphatic heterocycles. The second kappa shape index (κ2) is 8.52. The number of ether oxygens (including phenoxy) is 1. The second-order valence-corrected chi connectivity index (χ2v) is 7.52. The maximum Gasteiger partial charge on any atom is 0.437 e. The number of aromatic amines is 1. The highest BCUT2D eigenvalue weighted by atomic mass is 35.5. The first kappa shape index (κ1) is 21.6. The van der Waals surface area contributed by atoms with Crippen LogP contribution in [0.4, 0.5) is 16.4 Å². The third-order valence-electron chi connectivity index (χ3n) is 4.19. The topological polar surface area (TPSA) is 125 Å². The molecule has 0 saturated heterocycles. The first-order chi connectivity index (χ1) is 12.8. The first-order valence-corrected chi connectivity index (χ1v) is 9.03. The Morgan fingerprint density at radius 2 is 1.79 bits per heavy atom. The fourth-order valence-electron chi connectivity index (χ4n) is 2.93. The van der Waals surface area contributed by atoms with Gasteiger partial charge in [0, 0.05) is 16.8 Å². The largest absolute Gasteiger partial charge is 0.442 e. The van der Waals surface area contributed by atoms with E-state index in [1.807, 2.05) is 39.0 Å². The molecule has 2 aromatic heterocycles. The maximum absolute atomic E-state index is 11.9. The number of fused-ring (bicyclic) bond motifs is 2. The second-order valence-electron chi connectivity index (χ2n) is 7.52. The van der Waals surface area contributed by atoms with Crippen molar-refractivity contribution in [2.75, 3.05) is 11.5 Å². The van der Waals surface area contributed by atoms with Crippen molar-refractivity contribution >= 4 is 42.3 Å². The van der Waals surface area contributed by atoms with Crippen LogP contribution in [0.3, 0.4) is 0 Å². The minimum Gasteiger partial charge on any atom is -0.442 e. The van der Waals surface area contributed by atoms with Crippen LogP contribution >= 0.6 is 12.4 Å². The Morgan fingerprint density at radius 1 is 1.14 bits per heavy atom. The lowest BCUT2D eigenvalue weighted by atomic mass is 10.1. The average Bonchev–Trinajstić information content (AvgIpc) is 3.16. The van der Waals surface area contributed by atoms with Crippen molar-refractivity contribution in [2.24, 2.45) is 0 Å². The number of hydrogen-bond acceptors (Lipinski definition) is 6. The van der Waals surface area contributed by atoms with Crippen LogP contribution in [0.2, 0.25) is 0 Å². The molecule has 0 amide bonds. The summed E-state index contributed by atoms with van der Waals surface area (Å²) in [6.45, 7) is 5.43. The lowest BCUT2D eigenvalue weighted by molar-refractivity contribution is 0.0518. The number of allylic oxidation sites excluding steroid dienone is 2. The fraction of sp³-hybridized carbons (Fsp3) is 0.421. The Bertz CT molecular complexity index is 904. The van der Waals surface area contributed by atoms with Gasteiger partial charge >= 0.3 is 6.09 Å². The number of carbonyl (C=O) groups excluding carboxylic acids is 1. The van der Waals surface area contributed by atoms with E-state index in [1.54, 1.807) is 0 Å². The van der Waals surface area contributed by atoms with Crippen molar-refractivity contribution in [3.05, 3.63) is 34.7 Å². The number of H-pyrrole nitrogens is 1. The molecule has 0 spiro atoms. The third-order valence-corrected chi connectivity index (χ3v) is 4.19. The number of anilines is 2. The van der Waals surface area contributed by atoms with Gasteiger partial charge in [0.1, 0.15) is 11.4 Å². The van der Waals surface area contributed by atoms with Gasteiger partial charge < -0.3 is 16.2 Å². The predicted molar refractivity (Wildman–Crippen MR) is 113 cm³/mol. The number of carbonyl (C=O) groups is 1. The van der Waals surface area contributed by atoms with Crippen LogP contribution in [-0.2, 0) is 17.6 Å². The summed E-state index contributed by atoms with van der Waals surface area (Å²) in [7, 11) is 0. The Hall–Kier alpha value is -2.74. The standard InChI is InChI=1S/C12H17N3O2.C7H9N3.ClH/c1-12(2,3)17-11(16)15-10(13)8-6-4-5-7-9(8)14-15;8-7-5-3-1-2-4-6(5)9-10-7;/h4,6H,5,7,13H2,1-3H3;1,3H,2,4H2,(H3,8,9,10);1H. The Balaban J connectivity index is 0.000000217. The third kappa shape index (κ3) is 4.75. The van der Waals surface area contributed by atoms with Gasteiger partial charge in [0.15, 0.2) is 5.82 Å². The molecular formula is C19H27ClN6O2. The summed E-state index contributed by atoms with van der Waals surface area (Å²) < 4.78 is 6.38. The van der Waals surface area contributed by atoms with E-state index >= 15 is 0 Å². The SMILES string of the molecule is CC(C)(C)OC(=O)n1nc2c(c1N)C=CCC2.Cl.Nc1n[nH]c2c1C=CCC2. The molecule has 0 fully saturated rings. The van der Waals surface area contributed by atoms with Gasteiger partial charge in [0.05, 0.1) is 5.69 Å². The monoisotopic (exact) mass is 406 g/mol. The number of nitrogen functional groups attached to an aromatic ring is 2. The number of rotatable bonds is 0. The van der Waals surface area contributed by atoms with E-state index in [2.05, 4.69) is 21.4 Å². The van der Waals surface area contributed by atoms with Crippen molar-refractivity contribution in [2.45, 2.75) is 52.1 Å². The highest BCUT2D eigenvalue weighted by Gasteiger charge is 2.24. The number of aryl methyl sites for hydroxylation is 2. The molecule has 2 aliphatic rings. The number of nitrogens with one attached hydrogen (secondary N) is 1. The van der Waals surface area contributed by atoms with E-state index in [0.29, 0.717) is 11.6 Å². The highest BCUT2D eigenvalue weighted by Crippen LogP contribution is 2.25. The van der Waals surface area contributed by atoms with E-state index in [-0.39, 0.29) is 12.4 Å². The molecule has 4 rings (SSSR count). The Kier molecular flexibility index (Phi) is 6.56. The lowest BCUT2D eigenvalue weighted by Gasteiger charge is -2.19. The zero-order valence-corrected chi connectivity index (χ0v) is 17.2. The molecule has 152 valence electrons. The van der Waals surface area contributed by atoms with Crippen LogP contribution in [0.1, 0.15) is 56.1 Å². The quantitative estimate of drug-likeness (QED) is 0.614. The van der Waals surface area contributed by atoms with Gasteiger partial charge in [-0.05, 0) is 46.5 Å². The van der Waals surface area contributed by atoms with E-state index < -0.39 is 11.7 Å². The molecule has 0 bridgehead atoms. The van der Waals surface area contributed by atoms with E-state index in [9.17, 15) is 4.79 Å². The number of nitrogens with zero attached hydrogens (tertiary/aromatic N) is 3.